The molecular formula is C20H26N4O4. The lowest BCUT2D eigenvalue weighted by Crippen LogP contribution is -2.46. The van der Waals surface area contributed by atoms with E-state index in [1.54, 1.807) is 30.9 Å². The molecule has 1 unspecified atom stereocenters. The van der Waals surface area contributed by atoms with Crippen LogP contribution in [0, 0.1) is 12.8 Å². The third-order valence-corrected chi connectivity index (χ3v) is 5.19. The van der Waals surface area contributed by atoms with E-state index in [0.717, 1.165) is 17.7 Å². The van der Waals surface area contributed by atoms with Gasteiger partial charge in [-0.3, -0.25) is 9.59 Å². The number of rotatable bonds is 7. The molecule has 0 bridgehead atoms. The van der Waals surface area contributed by atoms with E-state index in [4.69, 9.17) is 9.37 Å². The summed E-state index contributed by atoms with van der Waals surface area (Å²) in [5.41, 5.74) is 2.46. The second-order valence-electron chi connectivity index (χ2n) is 7.16. The maximum atomic E-state index is 12.8. The van der Waals surface area contributed by atoms with Crippen molar-refractivity contribution in [2.45, 2.75) is 32.7 Å². The van der Waals surface area contributed by atoms with Crippen LogP contribution in [-0.4, -0.2) is 59.2 Å². The van der Waals surface area contributed by atoms with Crippen LogP contribution in [0.3, 0.4) is 0 Å². The van der Waals surface area contributed by atoms with Crippen molar-refractivity contribution in [3.63, 3.8) is 0 Å². The summed E-state index contributed by atoms with van der Waals surface area (Å²) in [4.78, 5) is 28.6. The number of methoxy groups -OCH3 is 1. The topological polar surface area (TPSA) is 88.8 Å². The van der Waals surface area contributed by atoms with Gasteiger partial charge in [0.05, 0.1) is 19.6 Å². The first-order chi connectivity index (χ1) is 13.5. The Bertz CT molecular complexity index is 818. The Balaban J connectivity index is 1.56. The highest BCUT2D eigenvalue weighted by Crippen LogP contribution is 2.21. The standard InChI is InChI=1S/C20H26N4O4/c1-14-18(22-28-21-14)13-23(2)20(26)16-6-9-19(25)24(12-16)11-10-15-4-7-17(27-3)8-5-15/h4-5,7-8,16H,6,9-13H2,1-3H3. The number of carbonyl (C=O) groups excluding carboxylic acids is 2. The summed E-state index contributed by atoms with van der Waals surface area (Å²) >= 11 is 0. The number of ether oxygens (including phenoxy) is 1. The molecular weight excluding hydrogens is 360 g/mol. The van der Waals surface area contributed by atoms with Crippen molar-refractivity contribution in [1.29, 1.82) is 0 Å². The summed E-state index contributed by atoms with van der Waals surface area (Å²) in [6.45, 7) is 3.20. The van der Waals surface area contributed by atoms with Gasteiger partial charge in [-0.1, -0.05) is 22.4 Å². The van der Waals surface area contributed by atoms with Crippen molar-refractivity contribution in [3.05, 3.63) is 41.2 Å². The second-order valence-corrected chi connectivity index (χ2v) is 7.16. The smallest absolute Gasteiger partial charge is 0.227 e. The van der Waals surface area contributed by atoms with Crippen molar-refractivity contribution in [2.75, 3.05) is 27.2 Å². The maximum Gasteiger partial charge on any atom is 0.227 e. The van der Waals surface area contributed by atoms with Crippen molar-refractivity contribution < 1.29 is 19.0 Å². The van der Waals surface area contributed by atoms with Crippen LogP contribution >= 0.6 is 0 Å². The zero-order valence-corrected chi connectivity index (χ0v) is 16.6. The number of piperidine rings is 1. The first-order valence-corrected chi connectivity index (χ1v) is 9.41. The number of aromatic nitrogens is 2. The summed E-state index contributed by atoms with van der Waals surface area (Å²) in [5, 5.41) is 7.57. The largest absolute Gasteiger partial charge is 0.497 e. The fourth-order valence-electron chi connectivity index (χ4n) is 3.40. The van der Waals surface area contributed by atoms with Crippen LogP contribution in [0.25, 0.3) is 0 Å². The molecule has 1 saturated heterocycles. The molecule has 1 aromatic carbocycles. The van der Waals surface area contributed by atoms with Crippen molar-refractivity contribution in [2.24, 2.45) is 5.92 Å². The summed E-state index contributed by atoms with van der Waals surface area (Å²) in [7, 11) is 3.38. The van der Waals surface area contributed by atoms with Crippen molar-refractivity contribution in [1.82, 2.24) is 20.1 Å². The molecule has 0 N–H and O–H groups in total. The highest BCUT2D eigenvalue weighted by molar-refractivity contribution is 5.83. The van der Waals surface area contributed by atoms with E-state index in [9.17, 15) is 9.59 Å². The highest BCUT2D eigenvalue weighted by atomic mass is 16.6. The first-order valence-electron chi connectivity index (χ1n) is 9.41. The van der Waals surface area contributed by atoms with E-state index in [1.807, 2.05) is 24.3 Å². The predicted molar refractivity (Wildman–Crippen MR) is 102 cm³/mol. The van der Waals surface area contributed by atoms with Crippen LogP contribution < -0.4 is 4.74 Å². The van der Waals surface area contributed by atoms with Gasteiger partial charge in [0.2, 0.25) is 11.8 Å². The molecule has 3 rings (SSSR count). The Kier molecular flexibility index (Phi) is 6.28. The summed E-state index contributed by atoms with van der Waals surface area (Å²) in [5.74, 6) is 0.740. The number of carbonyl (C=O) groups is 2. The molecule has 0 saturated carbocycles. The quantitative estimate of drug-likeness (QED) is 0.721. The Hall–Kier alpha value is -2.90. The number of likely N-dealkylation sites (tertiary alicyclic amines) is 1. The van der Waals surface area contributed by atoms with Gasteiger partial charge in [0.1, 0.15) is 17.1 Å². The highest BCUT2D eigenvalue weighted by Gasteiger charge is 2.32. The predicted octanol–water partition coefficient (Wildman–Crippen LogP) is 1.83. The molecule has 1 atom stereocenters. The molecule has 8 heteroatoms. The lowest BCUT2D eigenvalue weighted by Gasteiger charge is -2.33. The number of amides is 2. The zero-order valence-electron chi connectivity index (χ0n) is 16.6. The normalized spacial score (nSPS) is 16.9. The van der Waals surface area contributed by atoms with E-state index in [1.165, 1.54) is 0 Å². The third-order valence-electron chi connectivity index (χ3n) is 5.19. The molecule has 2 amide bonds. The Morgan fingerprint density at radius 3 is 2.71 bits per heavy atom. The van der Waals surface area contributed by atoms with Crippen LogP contribution in [0.4, 0.5) is 0 Å². The maximum absolute atomic E-state index is 12.8. The minimum absolute atomic E-state index is 0.0179. The van der Waals surface area contributed by atoms with E-state index in [0.29, 0.717) is 43.9 Å². The molecule has 1 fully saturated rings. The molecule has 1 aliphatic heterocycles. The Labute approximate surface area is 164 Å². The number of hydrogen-bond acceptors (Lipinski definition) is 6. The molecule has 0 radical (unpaired) electrons. The first kappa shape index (κ1) is 19.9. The Morgan fingerprint density at radius 1 is 1.32 bits per heavy atom. The fourth-order valence-corrected chi connectivity index (χ4v) is 3.40. The van der Waals surface area contributed by atoms with Gasteiger partial charge < -0.3 is 14.5 Å². The number of aryl methyl sites for hydroxylation is 1. The van der Waals surface area contributed by atoms with Gasteiger partial charge in [-0.05, 0) is 37.5 Å². The summed E-state index contributed by atoms with van der Waals surface area (Å²) in [6.07, 6.45) is 1.73. The van der Waals surface area contributed by atoms with Crippen molar-refractivity contribution in [3.8, 4) is 5.75 Å². The SMILES string of the molecule is COc1ccc(CCN2CC(C(=O)N(C)Cc3nonc3C)CCC2=O)cc1. The minimum Gasteiger partial charge on any atom is -0.497 e. The third kappa shape index (κ3) is 4.68. The lowest BCUT2D eigenvalue weighted by molar-refractivity contribution is -0.142. The van der Waals surface area contributed by atoms with E-state index in [2.05, 4.69) is 10.3 Å². The second kappa shape index (κ2) is 8.86. The van der Waals surface area contributed by atoms with Crippen LogP contribution in [0.15, 0.2) is 28.9 Å². The van der Waals surface area contributed by atoms with Crippen LogP contribution in [0.1, 0.15) is 29.8 Å². The average Bonchev–Trinajstić information content (AvgIpc) is 3.11. The van der Waals surface area contributed by atoms with Crippen molar-refractivity contribution >= 4 is 11.8 Å². The number of nitrogens with zero attached hydrogens (tertiary/aromatic N) is 4. The van der Waals surface area contributed by atoms with Gasteiger partial charge >= 0.3 is 0 Å². The molecule has 0 aliphatic carbocycles. The van der Waals surface area contributed by atoms with E-state index in [-0.39, 0.29) is 17.7 Å². The number of benzene rings is 1. The average molecular weight is 386 g/mol. The molecule has 2 heterocycles. The molecule has 1 aliphatic rings. The van der Waals surface area contributed by atoms with Crippen LogP contribution in [0.5, 0.6) is 5.75 Å². The summed E-state index contributed by atoms with van der Waals surface area (Å²) in [6, 6.07) is 7.82. The Morgan fingerprint density at radius 2 is 2.07 bits per heavy atom. The van der Waals surface area contributed by atoms with E-state index >= 15 is 0 Å². The minimum atomic E-state index is -0.196. The zero-order chi connectivity index (χ0) is 20.1. The molecule has 8 nitrogen and oxygen atoms in total. The fraction of sp³-hybridized carbons (Fsp3) is 0.500. The molecule has 1 aromatic heterocycles. The molecule has 150 valence electrons. The van der Waals surface area contributed by atoms with E-state index < -0.39 is 0 Å². The summed E-state index contributed by atoms with van der Waals surface area (Å²) < 4.78 is 9.86. The van der Waals surface area contributed by atoms with Crippen LogP contribution in [-0.2, 0) is 22.6 Å². The molecule has 28 heavy (non-hydrogen) atoms. The molecule has 2 aromatic rings. The molecule has 0 spiro atoms. The monoisotopic (exact) mass is 386 g/mol. The van der Waals surface area contributed by atoms with Crippen LogP contribution in [0.2, 0.25) is 0 Å². The van der Waals surface area contributed by atoms with Gasteiger partial charge in [0, 0.05) is 26.6 Å². The van der Waals surface area contributed by atoms with Gasteiger partial charge in [-0.2, -0.15) is 0 Å². The lowest BCUT2D eigenvalue weighted by atomic mass is 9.95. The van der Waals surface area contributed by atoms with Gasteiger partial charge in [0.15, 0.2) is 0 Å². The van der Waals surface area contributed by atoms with Gasteiger partial charge in [0.25, 0.3) is 0 Å². The van der Waals surface area contributed by atoms with Gasteiger partial charge in [-0.15, -0.1) is 0 Å². The van der Waals surface area contributed by atoms with Gasteiger partial charge in [-0.25, -0.2) is 4.63 Å². The number of hydrogen-bond donors (Lipinski definition) is 0.